The maximum absolute atomic E-state index is 14.3. The third-order valence-corrected chi connectivity index (χ3v) is 16.9. The van der Waals surface area contributed by atoms with Crippen LogP contribution in [-0.2, 0) is 19.9 Å². The quantitative estimate of drug-likeness (QED) is 0.0290. The summed E-state index contributed by atoms with van der Waals surface area (Å²) in [7, 11) is -10.9. The maximum atomic E-state index is 14.3. The molecule has 69 heavy (non-hydrogen) atoms. The van der Waals surface area contributed by atoms with Crippen LogP contribution in [0, 0.1) is 5.92 Å². The van der Waals surface area contributed by atoms with Crippen LogP contribution in [0.1, 0.15) is 42.7 Å². The number of sulfonamides is 1. The summed E-state index contributed by atoms with van der Waals surface area (Å²) in [6.07, 6.45) is -1.90. The number of β-amino-alcohol motifs (C(OH)–C–C–N with tert-alkyl or cyclic N) is 1. The molecular weight excluding hydrogens is 978 g/mol. The lowest BCUT2D eigenvalue weighted by atomic mass is 9.84. The van der Waals surface area contributed by atoms with Gasteiger partial charge in [-0.15, -0.1) is 11.8 Å². The molecule has 0 bridgehead atoms. The van der Waals surface area contributed by atoms with Crippen LogP contribution in [0.25, 0.3) is 11.1 Å². The Hall–Kier alpha value is -4.28. The van der Waals surface area contributed by atoms with Crippen molar-refractivity contribution in [2.24, 2.45) is 5.92 Å². The van der Waals surface area contributed by atoms with E-state index >= 15 is 0 Å². The van der Waals surface area contributed by atoms with Crippen molar-refractivity contribution in [3.05, 3.63) is 137 Å². The first-order valence-corrected chi connectivity index (χ1v) is 26.9. The predicted molar refractivity (Wildman–Crippen MR) is 262 cm³/mol. The fourth-order valence-corrected chi connectivity index (χ4v) is 11.9. The first kappa shape index (κ1) is 52.5. The summed E-state index contributed by atoms with van der Waals surface area (Å²) in [6, 6.07) is 32.7. The molecule has 2 aliphatic heterocycles. The number of sulfone groups is 1. The van der Waals surface area contributed by atoms with Crippen LogP contribution in [0.15, 0.2) is 136 Å². The third kappa shape index (κ3) is 13.6. The molecule has 372 valence electrons. The van der Waals surface area contributed by atoms with Crippen LogP contribution in [0.4, 0.5) is 28.9 Å². The molecule has 0 amide bonds. The van der Waals surface area contributed by atoms with Gasteiger partial charge in [0.2, 0.25) is 10.0 Å². The van der Waals surface area contributed by atoms with E-state index in [9.17, 15) is 49.7 Å². The summed E-state index contributed by atoms with van der Waals surface area (Å²) >= 11 is 7.52. The predicted octanol–water partition coefficient (Wildman–Crippen LogP) is 8.13. The van der Waals surface area contributed by atoms with Gasteiger partial charge in [0.15, 0.2) is 0 Å². The molecule has 0 saturated carbocycles. The zero-order valence-corrected chi connectivity index (χ0v) is 40.8. The number of piperidine rings is 1. The summed E-state index contributed by atoms with van der Waals surface area (Å²) in [4.78, 5) is 4.96. The highest BCUT2D eigenvalue weighted by atomic mass is 35.5. The first-order valence-electron chi connectivity index (χ1n) is 22.6. The van der Waals surface area contributed by atoms with E-state index in [1.165, 1.54) is 23.9 Å². The summed E-state index contributed by atoms with van der Waals surface area (Å²) in [5.41, 5.74) is -2.58. The molecule has 2 aliphatic rings. The number of alkyl halides is 4. The van der Waals surface area contributed by atoms with Crippen molar-refractivity contribution in [2.45, 2.75) is 63.9 Å². The van der Waals surface area contributed by atoms with Gasteiger partial charge in [-0.1, -0.05) is 78.3 Å². The lowest BCUT2D eigenvalue weighted by Gasteiger charge is -2.36. The summed E-state index contributed by atoms with van der Waals surface area (Å²) in [5, 5.41) is 35.9. The van der Waals surface area contributed by atoms with Gasteiger partial charge in [0.05, 0.1) is 22.8 Å². The second-order valence-corrected chi connectivity index (χ2v) is 22.4. The lowest BCUT2D eigenvalue weighted by Crippen LogP contribution is -2.49. The smallest absolute Gasteiger partial charge is 0.389 e. The van der Waals surface area contributed by atoms with Crippen LogP contribution < -0.4 is 14.9 Å². The average molecular weight is 1030 g/mol. The highest BCUT2D eigenvalue weighted by Crippen LogP contribution is 2.39. The van der Waals surface area contributed by atoms with Crippen molar-refractivity contribution in [3.8, 4) is 11.1 Å². The minimum atomic E-state index is -6.10. The minimum absolute atomic E-state index is 0.0164. The molecule has 0 aliphatic carbocycles. The van der Waals surface area contributed by atoms with Crippen LogP contribution in [0.2, 0.25) is 5.02 Å². The van der Waals surface area contributed by atoms with E-state index in [0.29, 0.717) is 81.9 Å². The zero-order chi connectivity index (χ0) is 49.3. The number of anilines is 2. The van der Waals surface area contributed by atoms with Gasteiger partial charge >= 0.3 is 5.51 Å². The largest absolute Gasteiger partial charge is 0.501 e. The SMILES string of the molecule is O=S(=O)(NC(O)c1ccc(N2CCC([C@@H](O)c3ccccc3-c3ccc(Cl)cc3)CC2)cc1)c1ccc(N[C@H](CCN2CCN(C[C@@H](O)CF)CC2)CSc2ccccc2)c(S(=O)(=O)C(F)(F)F)c1. The second kappa shape index (κ2) is 23.3. The Morgan fingerprint density at radius 3 is 2.06 bits per heavy atom. The number of thioether (sulfide) groups is 1. The van der Waals surface area contributed by atoms with Gasteiger partial charge in [-0.2, -0.15) is 17.9 Å². The third-order valence-electron chi connectivity index (χ3n) is 12.6. The zero-order valence-electron chi connectivity index (χ0n) is 37.6. The Morgan fingerprint density at radius 1 is 0.768 bits per heavy atom. The summed E-state index contributed by atoms with van der Waals surface area (Å²) < 4.78 is 111. The molecule has 2 saturated heterocycles. The molecule has 5 N–H and O–H groups in total. The number of aliphatic hydroxyl groups is 3. The van der Waals surface area contributed by atoms with Crippen molar-refractivity contribution in [3.63, 3.8) is 0 Å². The number of hydrogen-bond acceptors (Lipinski definition) is 12. The molecule has 12 nitrogen and oxygen atoms in total. The van der Waals surface area contributed by atoms with E-state index in [1.807, 2.05) is 83.8 Å². The maximum Gasteiger partial charge on any atom is 0.501 e. The minimum Gasteiger partial charge on any atom is -0.389 e. The average Bonchev–Trinajstić information content (AvgIpc) is 3.35. The molecule has 0 aromatic heterocycles. The fourth-order valence-electron chi connectivity index (χ4n) is 8.67. The molecule has 7 rings (SSSR count). The van der Waals surface area contributed by atoms with Crippen LogP contribution in [0.5, 0.6) is 0 Å². The topological polar surface area (TPSA) is 163 Å². The van der Waals surface area contributed by atoms with Crippen molar-refractivity contribution >= 4 is 54.6 Å². The molecular formula is C49H56ClF4N5O7S3. The number of halogens is 5. The Bertz CT molecular complexity index is 2680. The number of benzene rings is 5. The number of piperazine rings is 1. The van der Waals surface area contributed by atoms with Gasteiger partial charge in [-0.05, 0) is 102 Å². The van der Waals surface area contributed by atoms with Crippen LogP contribution in [0.3, 0.4) is 0 Å². The Labute approximate surface area is 410 Å². The first-order chi connectivity index (χ1) is 32.9. The molecule has 5 aromatic carbocycles. The molecule has 2 fully saturated rings. The van der Waals surface area contributed by atoms with Gasteiger partial charge in [0.1, 0.15) is 17.8 Å². The van der Waals surface area contributed by atoms with E-state index in [-0.39, 0.29) is 18.0 Å². The Kier molecular flexibility index (Phi) is 17.7. The monoisotopic (exact) mass is 1030 g/mol. The highest BCUT2D eigenvalue weighted by Gasteiger charge is 2.48. The van der Waals surface area contributed by atoms with Crippen molar-refractivity contribution in [1.29, 1.82) is 0 Å². The van der Waals surface area contributed by atoms with Gasteiger partial charge < -0.3 is 30.4 Å². The van der Waals surface area contributed by atoms with E-state index in [4.69, 9.17) is 11.6 Å². The Balaban J connectivity index is 1.01. The molecule has 5 aromatic rings. The van der Waals surface area contributed by atoms with Gasteiger partial charge in [-0.25, -0.2) is 21.2 Å². The van der Waals surface area contributed by atoms with E-state index < -0.39 is 72.0 Å². The van der Waals surface area contributed by atoms with E-state index in [2.05, 4.69) is 19.8 Å². The van der Waals surface area contributed by atoms with Gasteiger partial charge in [-0.3, -0.25) is 4.90 Å². The number of nitrogens with zero attached hydrogens (tertiary/aromatic N) is 3. The number of rotatable bonds is 20. The summed E-state index contributed by atoms with van der Waals surface area (Å²) in [6.45, 7) is 3.39. The fraction of sp³-hybridized carbons (Fsp3) is 0.388. The van der Waals surface area contributed by atoms with E-state index in [1.54, 1.807) is 12.1 Å². The number of nitrogens with one attached hydrogen (secondary N) is 2. The molecule has 4 atom stereocenters. The second-order valence-electron chi connectivity index (χ2n) is 17.3. The van der Waals surface area contributed by atoms with E-state index in [0.717, 1.165) is 39.4 Å². The molecule has 1 unspecified atom stereocenters. The lowest BCUT2D eigenvalue weighted by molar-refractivity contribution is -0.0435. The number of hydrogen-bond donors (Lipinski definition) is 5. The Morgan fingerprint density at radius 2 is 1.41 bits per heavy atom. The highest BCUT2D eigenvalue weighted by molar-refractivity contribution is 7.99. The summed E-state index contributed by atoms with van der Waals surface area (Å²) in [5.74, 6) is 0.296. The molecule has 0 radical (unpaired) electrons. The van der Waals surface area contributed by atoms with Gasteiger partial charge in [0, 0.05) is 79.8 Å². The normalized spacial score (nSPS) is 17.6. The molecule has 20 heteroatoms. The van der Waals surface area contributed by atoms with Crippen LogP contribution >= 0.6 is 23.4 Å². The van der Waals surface area contributed by atoms with Crippen molar-refractivity contribution in [2.75, 3.05) is 75.0 Å². The van der Waals surface area contributed by atoms with Crippen LogP contribution in [-0.4, -0.2) is 124 Å². The number of aliphatic hydroxyl groups excluding tert-OH is 3. The van der Waals surface area contributed by atoms with Crippen molar-refractivity contribution < 1.29 is 49.7 Å². The molecule has 0 spiro atoms. The standard InChI is InChI=1S/C49H56ClF4N5O7S3/c50-37-14-10-34(11-15-37)43-8-4-5-9-44(43)47(61)35-20-24-59(25-21-35)39-16-12-36(13-17-39)48(62)56-69(65,66)42-18-19-45(46(30-42)68(63,64)49(52,53)54)55-38(33-67-41-6-2-1-3-7-41)22-23-57-26-28-58(29-27-57)32-40(60)31-51/h1-19,30,35,38,40,47-48,55-56,60-62H,20-29,31-33H2/t38-,40+,47-,48?/m1/s1. The molecule has 2 heterocycles. The van der Waals surface area contributed by atoms with Crippen molar-refractivity contribution in [1.82, 2.24) is 14.5 Å². The van der Waals surface area contributed by atoms with Gasteiger partial charge in [0.25, 0.3) is 9.84 Å².